The molecule has 0 spiro atoms. The molecule has 2 unspecified atom stereocenters. The average molecular weight is 358 g/mol. The molecule has 0 saturated carbocycles. The standard InChI is InChI=1S/C15H28BrN5/c1-5-9-17-13(12-14(16)18-19-20(12)4)15(3,6-2)21-10-7-8-11-21/h13,17H,5-11H2,1-4H3. The number of rotatable bonds is 7. The molecule has 21 heavy (non-hydrogen) atoms. The Morgan fingerprint density at radius 2 is 2.00 bits per heavy atom. The molecule has 1 saturated heterocycles. The number of likely N-dealkylation sites (tertiary alicyclic amines) is 1. The van der Waals surface area contributed by atoms with Crippen molar-refractivity contribution in [1.29, 1.82) is 0 Å². The highest BCUT2D eigenvalue weighted by Crippen LogP contribution is 2.38. The summed E-state index contributed by atoms with van der Waals surface area (Å²) in [6, 6.07) is 0.231. The highest BCUT2D eigenvalue weighted by molar-refractivity contribution is 9.10. The van der Waals surface area contributed by atoms with E-state index in [2.05, 4.69) is 57.2 Å². The molecule has 1 N–H and O–H groups in total. The molecule has 2 heterocycles. The van der Waals surface area contributed by atoms with Crippen LogP contribution in [-0.4, -0.2) is 45.1 Å². The summed E-state index contributed by atoms with van der Waals surface area (Å²) in [4.78, 5) is 2.64. The van der Waals surface area contributed by atoms with E-state index in [-0.39, 0.29) is 11.6 Å². The van der Waals surface area contributed by atoms with Gasteiger partial charge in [-0.25, -0.2) is 4.68 Å². The average Bonchev–Trinajstić information content (AvgIpc) is 3.12. The van der Waals surface area contributed by atoms with Gasteiger partial charge in [0, 0.05) is 12.6 Å². The van der Waals surface area contributed by atoms with Crippen LogP contribution in [0.1, 0.15) is 58.2 Å². The Bertz CT molecular complexity index is 435. The van der Waals surface area contributed by atoms with Gasteiger partial charge in [-0.3, -0.25) is 4.90 Å². The zero-order chi connectivity index (χ0) is 15.5. The molecular formula is C15H28BrN5. The smallest absolute Gasteiger partial charge is 0.153 e. The normalized spacial score (nSPS) is 20.6. The summed E-state index contributed by atoms with van der Waals surface area (Å²) in [6.45, 7) is 10.3. The van der Waals surface area contributed by atoms with Gasteiger partial charge in [0.1, 0.15) is 0 Å². The van der Waals surface area contributed by atoms with E-state index in [4.69, 9.17) is 0 Å². The summed E-state index contributed by atoms with van der Waals surface area (Å²) in [6.07, 6.45) is 4.84. The lowest BCUT2D eigenvalue weighted by molar-refractivity contribution is 0.0803. The van der Waals surface area contributed by atoms with Crippen molar-refractivity contribution in [3.63, 3.8) is 0 Å². The molecule has 2 rings (SSSR count). The van der Waals surface area contributed by atoms with Crippen LogP contribution in [0.15, 0.2) is 4.60 Å². The van der Waals surface area contributed by atoms with Crippen molar-refractivity contribution in [2.24, 2.45) is 7.05 Å². The van der Waals surface area contributed by atoms with Gasteiger partial charge in [-0.15, -0.1) is 5.10 Å². The fourth-order valence-corrected chi connectivity index (χ4v) is 3.94. The van der Waals surface area contributed by atoms with Gasteiger partial charge in [-0.2, -0.15) is 0 Å². The van der Waals surface area contributed by atoms with E-state index in [0.29, 0.717) is 0 Å². The fraction of sp³-hybridized carbons (Fsp3) is 0.867. The van der Waals surface area contributed by atoms with Crippen LogP contribution in [0.3, 0.4) is 0 Å². The van der Waals surface area contributed by atoms with Crippen LogP contribution in [0.5, 0.6) is 0 Å². The first-order chi connectivity index (χ1) is 10.0. The number of hydrogen-bond acceptors (Lipinski definition) is 4. The monoisotopic (exact) mass is 357 g/mol. The Hall–Kier alpha value is -0.460. The van der Waals surface area contributed by atoms with Crippen LogP contribution in [-0.2, 0) is 7.05 Å². The molecule has 0 radical (unpaired) electrons. The first-order valence-electron chi connectivity index (χ1n) is 8.08. The fourth-order valence-electron chi connectivity index (χ4n) is 3.38. The van der Waals surface area contributed by atoms with Crippen LogP contribution >= 0.6 is 15.9 Å². The van der Waals surface area contributed by atoms with Crippen molar-refractivity contribution >= 4 is 15.9 Å². The van der Waals surface area contributed by atoms with Gasteiger partial charge in [0.05, 0.1) is 11.7 Å². The molecule has 6 heteroatoms. The van der Waals surface area contributed by atoms with E-state index in [1.165, 1.54) is 25.9 Å². The van der Waals surface area contributed by atoms with Crippen molar-refractivity contribution in [2.45, 2.75) is 58.0 Å². The molecular weight excluding hydrogens is 330 g/mol. The predicted molar refractivity (Wildman–Crippen MR) is 89.2 cm³/mol. The largest absolute Gasteiger partial charge is 0.307 e. The van der Waals surface area contributed by atoms with Crippen LogP contribution in [0.4, 0.5) is 0 Å². The van der Waals surface area contributed by atoms with Gasteiger partial charge in [-0.1, -0.05) is 19.1 Å². The summed E-state index contributed by atoms with van der Waals surface area (Å²) >= 11 is 3.59. The maximum Gasteiger partial charge on any atom is 0.153 e. The summed E-state index contributed by atoms with van der Waals surface area (Å²) in [5.74, 6) is 0. The van der Waals surface area contributed by atoms with E-state index >= 15 is 0 Å². The maximum atomic E-state index is 4.19. The van der Waals surface area contributed by atoms with Crippen molar-refractivity contribution in [1.82, 2.24) is 25.2 Å². The third kappa shape index (κ3) is 3.32. The van der Waals surface area contributed by atoms with Crippen LogP contribution < -0.4 is 5.32 Å². The predicted octanol–water partition coefficient (Wildman–Crippen LogP) is 2.88. The number of halogens is 1. The number of aryl methyl sites for hydroxylation is 1. The number of aromatic nitrogens is 3. The first kappa shape index (κ1) is 16.9. The highest BCUT2D eigenvalue weighted by atomic mass is 79.9. The van der Waals surface area contributed by atoms with Crippen LogP contribution in [0.25, 0.3) is 0 Å². The van der Waals surface area contributed by atoms with Crippen molar-refractivity contribution in [2.75, 3.05) is 19.6 Å². The van der Waals surface area contributed by atoms with Gasteiger partial charge in [0.15, 0.2) is 4.60 Å². The Labute approximate surface area is 136 Å². The minimum Gasteiger partial charge on any atom is -0.307 e. The highest BCUT2D eigenvalue weighted by Gasteiger charge is 2.42. The van der Waals surface area contributed by atoms with Gasteiger partial charge in [-0.05, 0) is 68.2 Å². The van der Waals surface area contributed by atoms with E-state index in [1.54, 1.807) is 0 Å². The third-order valence-electron chi connectivity index (χ3n) is 4.86. The first-order valence-corrected chi connectivity index (χ1v) is 8.87. The second-order valence-electron chi connectivity index (χ2n) is 6.18. The zero-order valence-corrected chi connectivity index (χ0v) is 15.3. The third-order valence-corrected chi connectivity index (χ3v) is 5.43. The molecule has 1 aliphatic rings. The molecule has 5 nitrogen and oxygen atoms in total. The molecule has 0 bridgehead atoms. The van der Waals surface area contributed by atoms with E-state index in [9.17, 15) is 0 Å². The molecule has 0 amide bonds. The molecule has 0 aromatic carbocycles. The lowest BCUT2D eigenvalue weighted by atomic mass is 9.85. The molecule has 1 fully saturated rings. The van der Waals surface area contributed by atoms with E-state index < -0.39 is 0 Å². The van der Waals surface area contributed by atoms with Gasteiger partial charge in [0.2, 0.25) is 0 Å². The number of nitrogens with zero attached hydrogens (tertiary/aromatic N) is 4. The summed E-state index contributed by atoms with van der Waals surface area (Å²) in [5, 5.41) is 12.1. The lowest BCUT2D eigenvalue weighted by Crippen LogP contribution is -2.54. The summed E-state index contributed by atoms with van der Waals surface area (Å²) < 4.78 is 2.76. The SMILES string of the molecule is CCCNC(c1c(Br)nnn1C)C(C)(CC)N1CCCC1. The number of nitrogens with one attached hydrogen (secondary N) is 1. The van der Waals surface area contributed by atoms with E-state index in [1.807, 2.05) is 11.7 Å². The summed E-state index contributed by atoms with van der Waals surface area (Å²) in [7, 11) is 1.98. The topological polar surface area (TPSA) is 46.0 Å². The molecule has 120 valence electrons. The Morgan fingerprint density at radius 3 is 2.48 bits per heavy atom. The van der Waals surface area contributed by atoms with Crippen molar-refractivity contribution in [3.8, 4) is 0 Å². The van der Waals surface area contributed by atoms with E-state index in [0.717, 1.165) is 29.7 Å². The van der Waals surface area contributed by atoms with Gasteiger partial charge in [0.25, 0.3) is 0 Å². The zero-order valence-electron chi connectivity index (χ0n) is 13.7. The second-order valence-corrected chi connectivity index (χ2v) is 6.93. The molecule has 0 aliphatic carbocycles. The van der Waals surface area contributed by atoms with Gasteiger partial charge >= 0.3 is 0 Å². The van der Waals surface area contributed by atoms with Crippen LogP contribution in [0.2, 0.25) is 0 Å². The minimum absolute atomic E-state index is 0.0870. The Kier molecular flexibility index (Phi) is 5.80. The van der Waals surface area contributed by atoms with Gasteiger partial charge < -0.3 is 5.32 Å². The Balaban J connectivity index is 2.37. The second kappa shape index (κ2) is 7.20. The molecule has 1 aliphatic heterocycles. The maximum absolute atomic E-state index is 4.19. The summed E-state index contributed by atoms with van der Waals surface area (Å²) in [5.41, 5.74) is 1.24. The van der Waals surface area contributed by atoms with Crippen LogP contribution in [0, 0.1) is 0 Å². The lowest BCUT2D eigenvalue weighted by Gasteiger charge is -2.44. The minimum atomic E-state index is 0.0870. The number of hydrogen-bond donors (Lipinski definition) is 1. The molecule has 1 aromatic rings. The van der Waals surface area contributed by atoms with Crippen molar-refractivity contribution in [3.05, 3.63) is 10.3 Å². The quantitative estimate of drug-likeness (QED) is 0.814. The molecule has 1 aromatic heterocycles. The molecule has 2 atom stereocenters. The Morgan fingerprint density at radius 1 is 1.33 bits per heavy atom. The van der Waals surface area contributed by atoms with Crippen molar-refractivity contribution < 1.29 is 0 Å².